The molecular weight excluding hydrogens is 466 g/mol. The average Bonchev–Trinajstić information content (AvgIpc) is 2.90. The van der Waals surface area contributed by atoms with Gasteiger partial charge in [-0.05, 0) is 59.7 Å². The molecule has 4 aromatic rings. The summed E-state index contributed by atoms with van der Waals surface area (Å²) in [5.74, 6) is -1.64. The van der Waals surface area contributed by atoms with Crippen molar-refractivity contribution in [2.75, 3.05) is 19.0 Å². The Morgan fingerprint density at radius 2 is 1.62 bits per heavy atom. The molecule has 0 saturated carbocycles. The number of hydrogen-bond donors (Lipinski definition) is 2. The lowest BCUT2D eigenvalue weighted by Crippen LogP contribution is -2.21. The molecule has 4 rings (SSSR count). The quantitative estimate of drug-likeness (QED) is 0.262. The van der Waals surface area contributed by atoms with Crippen molar-refractivity contribution in [3.63, 3.8) is 0 Å². The number of nitrogens with zero attached hydrogens (tertiary/aromatic N) is 3. The smallest absolute Gasteiger partial charge is 0.335 e. The second kappa shape index (κ2) is 10.5. The molecule has 0 fully saturated rings. The summed E-state index contributed by atoms with van der Waals surface area (Å²) in [6, 6.07) is 22.2. The molecule has 7 nitrogen and oxygen atoms in total. The van der Waals surface area contributed by atoms with Crippen LogP contribution in [-0.2, 0) is 0 Å². The minimum atomic E-state index is -1.11. The molecule has 0 aliphatic heterocycles. The van der Waals surface area contributed by atoms with E-state index in [1.807, 2.05) is 49.3 Å². The molecule has 0 aliphatic rings. The first-order valence-corrected chi connectivity index (χ1v) is 11.3. The van der Waals surface area contributed by atoms with Crippen molar-refractivity contribution in [3.8, 4) is 22.7 Å². The van der Waals surface area contributed by atoms with Crippen LogP contribution in [0, 0.1) is 6.57 Å². The van der Waals surface area contributed by atoms with Gasteiger partial charge < -0.3 is 15.1 Å². The molecule has 0 unspecified atom stereocenters. The fraction of sp³-hybridized carbons (Fsp3) is 0.0667. The van der Waals surface area contributed by atoms with Gasteiger partial charge in [-0.1, -0.05) is 42.5 Å². The van der Waals surface area contributed by atoms with Crippen LogP contribution >= 0.6 is 0 Å². The van der Waals surface area contributed by atoms with E-state index in [1.54, 1.807) is 30.3 Å². The number of carboxylic acids is 1. The number of benzene rings is 3. The molecule has 182 valence electrons. The van der Waals surface area contributed by atoms with Crippen molar-refractivity contribution < 1.29 is 15.0 Å². The van der Waals surface area contributed by atoms with Crippen molar-refractivity contribution in [1.82, 2.24) is 4.57 Å². The number of pyridine rings is 1. The number of carboxylic acid groups (broad SMARTS) is 1. The average molecular weight is 490 g/mol. The highest BCUT2D eigenvalue weighted by molar-refractivity contribution is 5.90. The van der Waals surface area contributed by atoms with Crippen LogP contribution < -0.4 is 10.5 Å². The molecule has 0 radical (unpaired) electrons. The predicted molar refractivity (Wildman–Crippen MR) is 146 cm³/mol. The summed E-state index contributed by atoms with van der Waals surface area (Å²) in [6.07, 6.45) is 3.23. The van der Waals surface area contributed by atoms with Crippen molar-refractivity contribution >= 4 is 29.5 Å². The van der Waals surface area contributed by atoms with E-state index in [2.05, 4.69) is 10.6 Å². The fourth-order valence-corrected chi connectivity index (χ4v) is 3.89. The van der Waals surface area contributed by atoms with E-state index >= 15 is 0 Å². The molecule has 3 aromatic carbocycles. The van der Waals surface area contributed by atoms with E-state index in [-0.39, 0.29) is 22.5 Å². The minimum absolute atomic E-state index is 0.0333. The predicted octanol–water partition coefficient (Wildman–Crippen LogP) is 5.85. The second-order valence-electron chi connectivity index (χ2n) is 8.37. The Hall–Kier alpha value is -5.31. The van der Waals surface area contributed by atoms with Gasteiger partial charge in [-0.25, -0.2) is 9.64 Å². The number of anilines is 1. The lowest BCUT2D eigenvalue weighted by Gasteiger charge is -2.16. The van der Waals surface area contributed by atoms with Gasteiger partial charge >= 0.3 is 5.97 Å². The van der Waals surface area contributed by atoms with Gasteiger partial charge in [-0.3, -0.25) is 9.36 Å². The second-order valence-corrected chi connectivity index (χ2v) is 8.37. The van der Waals surface area contributed by atoms with Crippen molar-refractivity contribution in [2.45, 2.75) is 0 Å². The molecule has 0 bridgehead atoms. The van der Waals surface area contributed by atoms with Crippen molar-refractivity contribution in [1.29, 1.82) is 0 Å². The number of carbonyl (C=O) groups is 1. The highest BCUT2D eigenvalue weighted by Gasteiger charge is 2.22. The lowest BCUT2D eigenvalue weighted by atomic mass is 9.98. The Labute approximate surface area is 213 Å². The van der Waals surface area contributed by atoms with Crippen LogP contribution in [0.25, 0.3) is 33.8 Å². The van der Waals surface area contributed by atoms with Gasteiger partial charge in [0, 0.05) is 30.9 Å². The summed E-state index contributed by atoms with van der Waals surface area (Å²) >= 11 is 0. The topological polar surface area (TPSA) is 87.1 Å². The monoisotopic (exact) mass is 489 g/mol. The van der Waals surface area contributed by atoms with E-state index in [0.717, 1.165) is 15.8 Å². The van der Waals surface area contributed by atoms with E-state index in [1.165, 1.54) is 30.3 Å². The molecule has 0 aliphatic carbocycles. The van der Waals surface area contributed by atoms with Gasteiger partial charge in [0.25, 0.3) is 11.2 Å². The largest absolute Gasteiger partial charge is 0.502 e. The molecule has 1 heterocycles. The third kappa shape index (κ3) is 5.06. The first-order valence-electron chi connectivity index (χ1n) is 11.3. The first-order chi connectivity index (χ1) is 17.8. The lowest BCUT2D eigenvalue weighted by molar-refractivity contribution is 0.0697. The Morgan fingerprint density at radius 1 is 0.973 bits per heavy atom. The first kappa shape index (κ1) is 24.8. The zero-order valence-electron chi connectivity index (χ0n) is 20.2. The Kier molecular flexibility index (Phi) is 7.06. The van der Waals surface area contributed by atoms with E-state index < -0.39 is 17.4 Å². The maximum absolute atomic E-state index is 13.7. The Balaban J connectivity index is 1.95. The molecule has 2 N–H and O–H groups in total. The molecule has 0 amide bonds. The molecule has 7 heteroatoms. The molecule has 0 spiro atoms. The number of aromatic nitrogens is 1. The SMILES string of the molecule is [C-]#[N+]c1c(-c2ccccc2)c(C=C=Cc2ccc(N(C)C)cc2)c(=O)n(-c2ccc(C(=O)O)cc2)c1O. The Morgan fingerprint density at radius 3 is 2.19 bits per heavy atom. The van der Waals surface area contributed by atoms with Crippen molar-refractivity contribution in [3.05, 3.63) is 123 Å². The zero-order valence-corrected chi connectivity index (χ0v) is 20.2. The third-order valence-corrected chi connectivity index (χ3v) is 5.80. The maximum atomic E-state index is 13.7. The van der Waals surface area contributed by atoms with E-state index in [9.17, 15) is 19.8 Å². The summed E-state index contributed by atoms with van der Waals surface area (Å²) in [4.78, 5) is 30.5. The molecule has 1 aromatic heterocycles. The zero-order chi connectivity index (χ0) is 26.5. The van der Waals surface area contributed by atoms with Crippen LogP contribution in [-0.4, -0.2) is 34.8 Å². The maximum Gasteiger partial charge on any atom is 0.335 e. The summed E-state index contributed by atoms with van der Waals surface area (Å²) in [7, 11) is 3.91. The van der Waals surface area contributed by atoms with E-state index in [4.69, 9.17) is 6.57 Å². The standard InChI is InChI=1S/C30H23N3O4/c1-31-27-26(21-9-5-4-6-10-21)25(11-7-8-20-12-16-23(17-13-20)32(2)3)28(34)33(29(27)35)24-18-14-22(15-19-24)30(36)37/h4-6,8-19,35H,2-3H3,(H,36,37). The number of aromatic hydroxyl groups is 1. The van der Waals surface area contributed by atoms with Gasteiger partial charge in [-0.15, -0.1) is 5.73 Å². The van der Waals surface area contributed by atoms with Gasteiger partial charge in [0.15, 0.2) is 0 Å². The van der Waals surface area contributed by atoms with Crippen molar-refractivity contribution in [2.24, 2.45) is 0 Å². The summed E-state index contributed by atoms with van der Waals surface area (Å²) in [6.45, 7) is 7.78. The normalized spacial score (nSPS) is 10.2. The molecule has 37 heavy (non-hydrogen) atoms. The van der Waals surface area contributed by atoms with Gasteiger partial charge in [0.05, 0.1) is 17.8 Å². The highest BCUT2D eigenvalue weighted by atomic mass is 16.4. The summed E-state index contributed by atoms with van der Waals surface area (Å²) in [5.41, 5.74) is 5.61. The summed E-state index contributed by atoms with van der Waals surface area (Å²) < 4.78 is 1.00. The highest BCUT2D eigenvalue weighted by Crippen LogP contribution is 2.40. The van der Waals surface area contributed by atoms with Crippen LogP contribution in [0.4, 0.5) is 11.4 Å². The van der Waals surface area contributed by atoms with Crippen LogP contribution in [0.5, 0.6) is 5.88 Å². The van der Waals surface area contributed by atoms with Crippen LogP contribution in [0.3, 0.4) is 0 Å². The van der Waals surface area contributed by atoms with Crippen LogP contribution in [0.2, 0.25) is 0 Å². The van der Waals surface area contributed by atoms with Gasteiger partial charge in [0.1, 0.15) is 0 Å². The molecule has 0 atom stereocenters. The number of rotatable bonds is 6. The summed E-state index contributed by atoms with van der Waals surface area (Å²) in [5, 5.41) is 20.2. The van der Waals surface area contributed by atoms with Crippen LogP contribution in [0.1, 0.15) is 21.5 Å². The fourth-order valence-electron chi connectivity index (χ4n) is 3.89. The Bertz CT molecular complexity index is 1620. The van der Waals surface area contributed by atoms with Gasteiger partial charge in [0.2, 0.25) is 5.88 Å². The number of hydrogen-bond acceptors (Lipinski definition) is 4. The molecular formula is C30H23N3O4. The van der Waals surface area contributed by atoms with E-state index in [0.29, 0.717) is 11.1 Å². The third-order valence-electron chi connectivity index (χ3n) is 5.80. The van der Waals surface area contributed by atoms with Gasteiger partial charge in [-0.2, -0.15) is 0 Å². The van der Waals surface area contributed by atoms with Crippen LogP contribution in [0.15, 0.2) is 89.4 Å². The minimum Gasteiger partial charge on any atom is -0.502 e. The number of aromatic carboxylic acids is 1. The molecule has 0 saturated heterocycles.